The molecule has 0 saturated heterocycles. The van der Waals surface area contributed by atoms with Crippen LogP contribution in [0.5, 0.6) is 5.75 Å². The van der Waals surface area contributed by atoms with Crippen LogP contribution in [-0.4, -0.2) is 23.7 Å². The molecule has 88 valence electrons. The van der Waals surface area contributed by atoms with E-state index in [-0.39, 0.29) is 12.5 Å². The molecule has 1 aromatic carbocycles. The number of carbonyl (C=O) groups is 1. The van der Waals surface area contributed by atoms with E-state index in [2.05, 4.69) is 0 Å². The number of hydrogen-bond acceptors (Lipinski definition) is 3. The van der Waals surface area contributed by atoms with E-state index >= 15 is 0 Å². The number of benzene rings is 1. The van der Waals surface area contributed by atoms with Crippen molar-refractivity contribution in [1.29, 1.82) is 0 Å². The minimum Gasteiger partial charge on any atom is -0.478 e. The maximum Gasteiger partial charge on any atom is 0.346 e. The molecule has 1 aromatic rings. The van der Waals surface area contributed by atoms with Crippen LogP contribution < -0.4 is 10.5 Å². The first-order valence-electron chi connectivity index (χ1n) is 5.24. The first-order chi connectivity index (χ1) is 7.56. The molecule has 0 radical (unpaired) electrons. The molecule has 1 atom stereocenters. The molecule has 0 bridgehead atoms. The standard InChI is InChI=1S/C12H17NO3/c1-8(2)9-5-3-4-6-10(9)16-11(7-13)12(14)15/h3-6,8,11H,7,13H2,1-2H3,(H,14,15). The number of para-hydroxylation sites is 1. The predicted octanol–water partition coefficient (Wildman–Crippen LogP) is 1.60. The Labute approximate surface area is 95.0 Å². The van der Waals surface area contributed by atoms with Crippen molar-refractivity contribution in [2.24, 2.45) is 5.73 Å². The highest BCUT2D eigenvalue weighted by molar-refractivity contribution is 5.73. The van der Waals surface area contributed by atoms with Crippen molar-refractivity contribution in [2.45, 2.75) is 25.9 Å². The number of carboxylic acid groups (broad SMARTS) is 1. The van der Waals surface area contributed by atoms with Gasteiger partial charge in [0.05, 0.1) is 0 Å². The van der Waals surface area contributed by atoms with Crippen molar-refractivity contribution >= 4 is 5.97 Å². The summed E-state index contributed by atoms with van der Waals surface area (Å²) in [5.41, 5.74) is 6.33. The fraction of sp³-hybridized carbons (Fsp3) is 0.417. The lowest BCUT2D eigenvalue weighted by atomic mass is 10.0. The highest BCUT2D eigenvalue weighted by Crippen LogP contribution is 2.26. The van der Waals surface area contributed by atoms with Crippen LogP contribution in [-0.2, 0) is 4.79 Å². The van der Waals surface area contributed by atoms with Crippen LogP contribution in [0.25, 0.3) is 0 Å². The van der Waals surface area contributed by atoms with Crippen LogP contribution in [0.1, 0.15) is 25.3 Å². The van der Waals surface area contributed by atoms with Gasteiger partial charge in [-0.1, -0.05) is 32.0 Å². The van der Waals surface area contributed by atoms with Gasteiger partial charge in [-0.2, -0.15) is 0 Å². The smallest absolute Gasteiger partial charge is 0.346 e. The van der Waals surface area contributed by atoms with Gasteiger partial charge in [-0.3, -0.25) is 0 Å². The van der Waals surface area contributed by atoms with E-state index in [0.29, 0.717) is 5.75 Å². The van der Waals surface area contributed by atoms with E-state index in [1.807, 2.05) is 32.0 Å². The van der Waals surface area contributed by atoms with Crippen molar-refractivity contribution in [1.82, 2.24) is 0 Å². The number of ether oxygens (including phenoxy) is 1. The second-order valence-electron chi connectivity index (χ2n) is 3.87. The number of nitrogens with two attached hydrogens (primary N) is 1. The van der Waals surface area contributed by atoms with Crippen molar-refractivity contribution in [2.75, 3.05) is 6.54 Å². The third-order valence-electron chi connectivity index (χ3n) is 2.30. The predicted molar refractivity (Wildman–Crippen MR) is 61.6 cm³/mol. The Morgan fingerprint density at radius 1 is 1.44 bits per heavy atom. The average Bonchev–Trinajstić information content (AvgIpc) is 2.25. The van der Waals surface area contributed by atoms with Crippen molar-refractivity contribution in [3.63, 3.8) is 0 Å². The average molecular weight is 223 g/mol. The highest BCUT2D eigenvalue weighted by Gasteiger charge is 2.19. The van der Waals surface area contributed by atoms with Crippen molar-refractivity contribution in [3.05, 3.63) is 29.8 Å². The summed E-state index contributed by atoms with van der Waals surface area (Å²) in [5.74, 6) is -0.167. The lowest BCUT2D eigenvalue weighted by Crippen LogP contribution is -2.35. The molecule has 0 heterocycles. The SMILES string of the molecule is CC(C)c1ccccc1OC(CN)C(=O)O. The van der Waals surface area contributed by atoms with Crippen LogP contribution in [0.15, 0.2) is 24.3 Å². The molecule has 0 aromatic heterocycles. The van der Waals surface area contributed by atoms with Gasteiger partial charge in [0.15, 0.2) is 0 Å². The van der Waals surface area contributed by atoms with E-state index in [4.69, 9.17) is 15.6 Å². The van der Waals surface area contributed by atoms with Crippen LogP contribution >= 0.6 is 0 Å². The molecule has 0 saturated carbocycles. The van der Waals surface area contributed by atoms with E-state index < -0.39 is 12.1 Å². The molecular weight excluding hydrogens is 206 g/mol. The zero-order chi connectivity index (χ0) is 12.1. The van der Waals surface area contributed by atoms with Gasteiger partial charge >= 0.3 is 5.97 Å². The second-order valence-corrected chi connectivity index (χ2v) is 3.87. The fourth-order valence-electron chi connectivity index (χ4n) is 1.42. The summed E-state index contributed by atoms with van der Waals surface area (Å²) in [5, 5.41) is 8.86. The summed E-state index contributed by atoms with van der Waals surface area (Å²) in [6.07, 6.45) is -0.986. The third kappa shape index (κ3) is 2.97. The normalized spacial score (nSPS) is 12.5. The molecule has 4 heteroatoms. The number of carboxylic acids is 1. The molecule has 0 amide bonds. The van der Waals surface area contributed by atoms with Gasteiger partial charge in [-0.15, -0.1) is 0 Å². The van der Waals surface area contributed by atoms with E-state index in [0.717, 1.165) is 5.56 Å². The van der Waals surface area contributed by atoms with Gasteiger partial charge in [0.25, 0.3) is 0 Å². The van der Waals surface area contributed by atoms with E-state index in [1.165, 1.54) is 0 Å². The molecule has 4 nitrogen and oxygen atoms in total. The molecule has 0 fully saturated rings. The summed E-state index contributed by atoms with van der Waals surface area (Å²) in [4.78, 5) is 10.8. The molecular formula is C12H17NO3. The Balaban J connectivity index is 2.91. The molecule has 3 N–H and O–H groups in total. The van der Waals surface area contributed by atoms with Crippen LogP contribution in [0, 0.1) is 0 Å². The molecule has 0 spiro atoms. The van der Waals surface area contributed by atoms with Gasteiger partial charge in [-0.05, 0) is 17.5 Å². The third-order valence-corrected chi connectivity index (χ3v) is 2.30. The first-order valence-corrected chi connectivity index (χ1v) is 5.24. The quantitative estimate of drug-likeness (QED) is 0.795. The van der Waals surface area contributed by atoms with Crippen molar-refractivity contribution < 1.29 is 14.6 Å². The molecule has 0 aliphatic heterocycles. The Hall–Kier alpha value is -1.55. The first kappa shape index (κ1) is 12.5. The Bertz CT molecular complexity index is 363. The van der Waals surface area contributed by atoms with Crippen molar-refractivity contribution in [3.8, 4) is 5.75 Å². The van der Waals surface area contributed by atoms with Gasteiger partial charge in [0, 0.05) is 6.54 Å². The minimum atomic E-state index is -1.04. The Morgan fingerprint density at radius 2 is 2.06 bits per heavy atom. The lowest BCUT2D eigenvalue weighted by molar-refractivity contribution is -0.144. The van der Waals surface area contributed by atoms with Gasteiger partial charge in [-0.25, -0.2) is 4.79 Å². The fourth-order valence-corrected chi connectivity index (χ4v) is 1.42. The van der Waals surface area contributed by atoms with Crippen LogP contribution in [0.4, 0.5) is 0 Å². The summed E-state index contributed by atoms with van der Waals surface area (Å²) in [6, 6.07) is 7.41. The topological polar surface area (TPSA) is 72.5 Å². The summed E-state index contributed by atoms with van der Waals surface area (Å²) in [6.45, 7) is 4.02. The number of hydrogen-bond donors (Lipinski definition) is 2. The largest absolute Gasteiger partial charge is 0.478 e. The molecule has 1 rings (SSSR count). The summed E-state index contributed by atoms with van der Waals surface area (Å²) >= 11 is 0. The van der Waals surface area contributed by atoms with E-state index in [1.54, 1.807) is 6.07 Å². The van der Waals surface area contributed by atoms with Gasteiger partial charge in [0.2, 0.25) is 6.10 Å². The molecule has 16 heavy (non-hydrogen) atoms. The lowest BCUT2D eigenvalue weighted by Gasteiger charge is -2.17. The molecule has 0 aliphatic carbocycles. The summed E-state index contributed by atoms with van der Waals surface area (Å²) in [7, 11) is 0. The van der Waals surface area contributed by atoms with E-state index in [9.17, 15) is 4.79 Å². The minimum absolute atomic E-state index is 0.0399. The maximum atomic E-state index is 10.8. The van der Waals surface area contributed by atoms with Crippen LogP contribution in [0.3, 0.4) is 0 Å². The van der Waals surface area contributed by atoms with Gasteiger partial charge < -0.3 is 15.6 Å². The van der Waals surface area contributed by atoms with Gasteiger partial charge in [0.1, 0.15) is 5.75 Å². The zero-order valence-corrected chi connectivity index (χ0v) is 9.51. The molecule has 0 aliphatic rings. The Morgan fingerprint density at radius 3 is 2.56 bits per heavy atom. The monoisotopic (exact) mass is 223 g/mol. The highest BCUT2D eigenvalue weighted by atomic mass is 16.5. The number of rotatable bonds is 5. The zero-order valence-electron chi connectivity index (χ0n) is 9.51. The summed E-state index contributed by atoms with van der Waals surface area (Å²) < 4.78 is 5.39. The second kappa shape index (κ2) is 5.51. The number of aliphatic carboxylic acids is 1. The maximum absolute atomic E-state index is 10.8. The Kier molecular flexibility index (Phi) is 4.31. The molecule has 1 unspecified atom stereocenters. The van der Waals surface area contributed by atoms with Crippen LogP contribution in [0.2, 0.25) is 0 Å².